The predicted molar refractivity (Wildman–Crippen MR) is 105 cm³/mol. The van der Waals surface area contributed by atoms with Crippen LogP contribution >= 0.6 is 0 Å². The standard InChI is InChI=1S/C20H34O6S.Na/c1-5-7-8-13-20(3,4)17-9-11-18(12-10-17)26-19(25-6-2)16-24-14-15-27(21,22)23;/h9-12,19H,5-8,13-16H2,1-4H3,(H,21,22,23);/q;+1/p-1. The Morgan fingerprint density at radius 1 is 1.11 bits per heavy atom. The van der Waals surface area contributed by atoms with Crippen LogP contribution < -0.4 is 34.3 Å². The van der Waals surface area contributed by atoms with Gasteiger partial charge in [0.15, 0.2) is 0 Å². The molecule has 1 rings (SSSR count). The molecule has 0 amide bonds. The number of unbranched alkanes of at least 4 members (excludes halogenated alkanes) is 2. The molecule has 8 heteroatoms. The normalized spacial score (nSPS) is 13.0. The van der Waals surface area contributed by atoms with Crippen LogP contribution in [0.25, 0.3) is 0 Å². The third-order valence-corrected chi connectivity index (χ3v) is 5.06. The molecule has 0 spiro atoms. The Morgan fingerprint density at radius 2 is 1.75 bits per heavy atom. The van der Waals surface area contributed by atoms with Crippen molar-refractivity contribution in [3.63, 3.8) is 0 Å². The van der Waals surface area contributed by atoms with E-state index in [1.807, 2.05) is 19.1 Å². The molecule has 0 radical (unpaired) electrons. The van der Waals surface area contributed by atoms with Gasteiger partial charge in [-0.3, -0.25) is 0 Å². The first-order valence-corrected chi connectivity index (χ1v) is 11.2. The number of benzene rings is 1. The molecular weight excluding hydrogens is 391 g/mol. The van der Waals surface area contributed by atoms with Crippen LogP contribution in [0, 0.1) is 0 Å². The Balaban J connectivity index is 0.00000729. The van der Waals surface area contributed by atoms with Gasteiger partial charge in [-0.05, 0) is 36.5 Å². The summed E-state index contributed by atoms with van der Waals surface area (Å²) in [4.78, 5) is 0. The maximum Gasteiger partial charge on any atom is 1.00 e. The topological polar surface area (TPSA) is 84.9 Å². The first kappa shape index (κ1) is 27.8. The zero-order valence-corrected chi connectivity index (χ0v) is 20.7. The summed E-state index contributed by atoms with van der Waals surface area (Å²) in [6, 6.07) is 7.94. The Kier molecular flexibility index (Phi) is 13.9. The maximum atomic E-state index is 10.6. The number of hydrogen-bond acceptors (Lipinski definition) is 6. The molecule has 156 valence electrons. The predicted octanol–water partition coefficient (Wildman–Crippen LogP) is 0.852. The average Bonchev–Trinajstić information content (AvgIpc) is 2.58. The molecular formula is C20H33NaO6S. The van der Waals surface area contributed by atoms with Gasteiger partial charge in [0.1, 0.15) is 12.4 Å². The molecule has 0 saturated carbocycles. The van der Waals surface area contributed by atoms with E-state index in [2.05, 4.69) is 32.9 Å². The molecule has 0 aliphatic carbocycles. The fraction of sp³-hybridized carbons (Fsp3) is 0.700. The van der Waals surface area contributed by atoms with Crippen molar-refractivity contribution >= 4 is 10.1 Å². The molecule has 1 atom stereocenters. The molecule has 0 N–H and O–H groups in total. The molecule has 1 unspecified atom stereocenters. The van der Waals surface area contributed by atoms with E-state index in [-0.39, 0.29) is 48.2 Å². The van der Waals surface area contributed by atoms with Crippen molar-refractivity contribution in [1.29, 1.82) is 0 Å². The molecule has 0 aromatic heterocycles. The second-order valence-corrected chi connectivity index (χ2v) is 8.73. The Labute approximate surface area is 192 Å². The zero-order valence-electron chi connectivity index (χ0n) is 17.9. The first-order chi connectivity index (χ1) is 12.7. The summed E-state index contributed by atoms with van der Waals surface area (Å²) in [5, 5.41) is 0. The van der Waals surface area contributed by atoms with E-state index in [4.69, 9.17) is 14.2 Å². The van der Waals surface area contributed by atoms with Crippen LogP contribution in [0.15, 0.2) is 24.3 Å². The number of ether oxygens (including phenoxy) is 3. The van der Waals surface area contributed by atoms with E-state index in [0.29, 0.717) is 12.4 Å². The molecule has 1 aromatic rings. The maximum absolute atomic E-state index is 10.6. The van der Waals surface area contributed by atoms with Gasteiger partial charge in [-0.25, -0.2) is 8.42 Å². The van der Waals surface area contributed by atoms with E-state index >= 15 is 0 Å². The van der Waals surface area contributed by atoms with Gasteiger partial charge in [0.25, 0.3) is 0 Å². The van der Waals surface area contributed by atoms with Crippen molar-refractivity contribution in [2.24, 2.45) is 0 Å². The SMILES string of the molecule is CCCCCC(C)(C)c1ccc(OC(COCCS(=O)(=O)[O-])OCC)cc1.[Na+]. The minimum atomic E-state index is -4.28. The van der Waals surface area contributed by atoms with E-state index in [9.17, 15) is 13.0 Å². The Morgan fingerprint density at radius 3 is 2.29 bits per heavy atom. The van der Waals surface area contributed by atoms with Crippen LogP contribution in [-0.2, 0) is 25.0 Å². The largest absolute Gasteiger partial charge is 1.00 e. The van der Waals surface area contributed by atoms with Crippen LogP contribution in [0.3, 0.4) is 0 Å². The van der Waals surface area contributed by atoms with Gasteiger partial charge in [-0.2, -0.15) is 0 Å². The summed E-state index contributed by atoms with van der Waals surface area (Å²) in [5.74, 6) is 0.0924. The van der Waals surface area contributed by atoms with Crippen molar-refractivity contribution in [3.05, 3.63) is 29.8 Å². The molecule has 6 nitrogen and oxygen atoms in total. The van der Waals surface area contributed by atoms with E-state index in [0.717, 1.165) is 6.42 Å². The van der Waals surface area contributed by atoms with Gasteiger partial charge < -0.3 is 18.8 Å². The molecule has 0 aliphatic heterocycles. The smallest absolute Gasteiger partial charge is 0.748 e. The van der Waals surface area contributed by atoms with Crippen molar-refractivity contribution in [2.45, 2.75) is 65.1 Å². The minimum Gasteiger partial charge on any atom is -0.748 e. The van der Waals surface area contributed by atoms with Crippen LogP contribution in [0.5, 0.6) is 5.75 Å². The van der Waals surface area contributed by atoms with Crippen molar-refractivity contribution < 1.29 is 56.7 Å². The summed E-state index contributed by atoms with van der Waals surface area (Å²) < 4.78 is 48.2. The van der Waals surface area contributed by atoms with Crippen LogP contribution in [0.4, 0.5) is 0 Å². The minimum absolute atomic E-state index is 0. The van der Waals surface area contributed by atoms with Crippen LogP contribution in [0.2, 0.25) is 0 Å². The second kappa shape index (κ2) is 14.0. The Hall–Kier alpha value is -0.150. The van der Waals surface area contributed by atoms with Crippen molar-refractivity contribution in [2.75, 3.05) is 25.6 Å². The van der Waals surface area contributed by atoms with Crippen LogP contribution in [-0.4, -0.2) is 44.8 Å². The fourth-order valence-electron chi connectivity index (χ4n) is 2.74. The average molecular weight is 425 g/mol. The third kappa shape index (κ3) is 11.8. The molecule has 0 bridgehead atoms. The molecule has 0 saturated heterocycles. The fourth-order valence-corrected chi connectivity index (χ4v) is 3.06. The summed E-state index contributed by atoms with van der Waals surface area (Å²) >= 11 is 0. The summed E-state index contributed by atoms with van der Waals surface area (Å²) in [6.45, 7) is 8.84. The van der Waals surface area contributed by atoms with E-state index < -0.39 is 22.2 Å². The zero-order chi connectivity index (χ0) is 20.3. The van der Waals surface area contributed by atoms with Gasteiger partial charge in [-0.1, -0.05) is 52.2 Å². The molecule has 0 heterocycles. The summed E-state index contributed by atoms with van der Waals surface area (Å²) in [7, 11) is -4.28. The quantitative estimate of drug-likeness (QED) is 0.191. The number of rotatable bonds is 14. The van der Waals surface area contributed by atoms with Crippen molar-refractivity contribution in [1.82, 2.24) is 0 Å². The van der Waals surface area contributed by atoms with Gasteiger partial charge in [0.2, 0.25) is 6.29 Å². The second-order valence-electron chi connectivity index (χ2n) is 7.20. The van der Waals surface area contributed by atoms with Crippen molar-refractivity contribution in [3.8, 4) is 5.75 Å². The summed E-state index contributed by atoms with van der Waals surface area (Å²) in [5.41, 5.74) is 1.37. The molecule has 28 heavy (non-hydrogen) atoms. The van der Waals surface area contributed by atoms with E-state index in [1.165, 1.54) is 24.8 Å². The van der Waals surface area contributed by atoms with Gasteiger partial charge >= 0.3 is 29.6 Å². The van der Waals surface area contributed by atoms with Gasteiger partial charge in [0, 0.05) is 6.61 Å². The molecule has 0 fully saturated rings. The number of hydrogen-bond donors (Lipinski definition) is 0. The molecule has 1 aromatic carbocycles. The van der Waals surface area contributed by atoms with Crippen LogP contribution in [0.1, 0.15) is 58.9 Å². The van der Waals surface area contributed by atoms with Gasteiger partial charge in [-0.15, -0.1) is 0 Å². The molecule has 0 aliphatic rings. The summed E-state index contributed by atoms with van der Waals surface area (Å²) in [6.07, 6.45) is 4.15. The third-order valence-electron chi connectivity index (χ3n) is 4.39. The monoisotopic (exact) mass is 424 g/mol. The first-order valence-electron chi connectivity index (χ1n) is 9.58. The van der Waals surface area contributed by atoms with E-state index in [1.54, 1.807) is 0 Å². The van der Waals surface area contributed by atoms with Gasteiger partial charge in [0.05, 0.1) is 22.5 Å². The Bertz CT molecular complexity index is 631.